The number of aryl methyl sites for hydroxylation is 2. The number of aromatic nitrogens is 4. The molecule has 4 aromatic rings. The molecule has 0 bridgehead atoms. The van der Waals surface area contributed by atoms with Crippen molar-refractivity contribution in [1.82, 2.24) is 19.9 Å². The van der Waals surface area contributed by atoms with Gasteiger partial charge in [-0.25, -0.2) is 19.6 Å². The number of nitrogens with zero attached hydrogens (tertiary/aromatic N) is 2. The molecule has 0 spiro atoms. The molecular weight excluding hydrogens is 745 g/mol. The third kappa shape index (κ3) is 11.1. The highest BCUT2D eigenvalue weighted by Crippen LogP contribution is 2.29. The summed E-state index contributed by atoms with van der Waals surface area (Å²) in [6.07, 6.45) is 24.7. The van der Waals surface area contributed by atoms with E-state index in [0.717, 1.165) is 69.6 Å². The average Bonchev–Trinajstić information content (AvgIpc) is 4.09. The normalized spacial score (nSPS) is 14.6. The van der Waals surface area contributed by atoms with Crippen LogP contribution in [0.15, 0.2) is 81.7 Å². The monoisotopic (exact) mass is 800 g/mol. The maximum Gasteiger partial charge on any atom is 0.340 e. The topological polar surface area (TPSA) is 159 Å². The van der Waals surface area contributed by atoms with E-state index < -0.39 is 0 Å². The maximum atomic E-state index is 12.7. The summed E-state index contributed by atoms with van der Waals surface area (Å²) in [5.74, 6) is 3.26. The zero-order valence-corrected chi connectivity index (χ0v) is 35.3. The molecule has 0 aromatic carbocycles. The van der Waals surface area contributed by atoms with E-state index in [1.54, 1.807) is 14.2 Å². The number of esters is 2. The minimum absolute atomic E-state index is 0.269. The fraction of sp³-hybridized carbons (Fsp3) is 0.362. The van der Waals surface area contributed by atoms with Gasteiger partial charge in [-0.3, -0.25) is 0 Å². The molecule has 0 atom stereocenters. The molecule has 59 heavy (non-hydrogen) atoms. The smallest absolute Gasteiger partial charge is 0.340 e. The number of nitrogens with one attached hydrogen (secondary N) is 4. The predicted molar refractivity (Wildman–Crippen MR) is 233 cm³/mol. The number of carbonyl (C=O) groups excluding carboxylic acids is 2. The van der Waals surface area contributed by atoms with Crippen LogP contribution in [-0.2, 0) is 18.9 Å². The van der Waals surface area contributed by atoms with Crippen LogP contribution >= 0.6 is 0 Å². The molecule has 0 unspecified atom stereocenters. The Kier molecular flexibility index (Phi) is 15.8. The van der Waals surface area contributed by atoms with E-state index in [9.17, 15) is 9.59 Å². The van der Waals surface area contributed by atoms with Gasteiger partial charge in [-0.2, -0.15) is 0 Å². The molecule has 0 amide bonds. The summed E-state index contributed by atoms with van der Waals surface area (Å²) in [6, 6.07) is 7.76. The quantitative estimate of drug-likeness (QED) is 0.0446. The summed E-state index contributed by atoms with van der Waals surface area (Å²) >= 11 is 0. The van der Waals surface area contributed by atoms with Crippen LogP contribution in [-0.4, -0.2) is 70.7 Å². The highest BCUT2D eigenvalue weighted by Gasteiger charge is 2.23. The molecule has 4 aromatic heterocycles. The number of methoxy groups -OCH3 is 2. The average molecular weight is 801 g/mol. The van der Waals surface area contributed by atoms with Crippen LogP contribution in [0.2, 0.25) is 0 Å². The molecule has 310 valence electrons. The lowest BCUT2D eigenvalue weighted by molar-refractivity contribution is 0.0488. The molecule has 0 saturated heterocycles. The third-order valence-corrected chi connectivity index (χ3v) is 10.1. The zero-order chi connectivity index (χ0) is 42.3. The van der Waals surface area contributed by atoms with E-state index in [-0.39, 0.29) is 11.9 Å². The first-order valence-electron chi connectivity index (χ1n) is 20.2. The van der Waals surface area contributed by atoms with Crippen LogP contribution in [0.25, 0.3) is 12.2 Å². The molecule has 0 fully saturated rings. The molecule has 6 heterocycles. The van der Waals surface area contributed by atoms with Gasteiger partial charge in [-0.05, 0) is 88.1 Å². The second kappa shape index (κ2) is 21.3. The lowest BCUT2D eigenvalue weighted by Gasteiger charge is -2.06. The second-order valence-corrected chi connectivity index (χ2v) is 14.3. The van der Waals surface area contributed by atoms with Gasteiger partial charge < -0.3 is 38.9 Å². The summed E-state index contributed by atoms with van der Waals surface area (Å²) in [5, 5.41) is 0. The Morgan fingerprint density at radius 1 is 0.695 bits per heavy atom. The van der Waals surface area contributed by atoms with Crippen molar-refractivity contribution in [2.75, 3.05) is 27.4 Å². The summed E-state index contributed by atoms with van der Waals surface area (Å²) in [7, 11) is 3.24. The van der Waals surface area contributed by atoms with Crippen LogP contribution in [0.1, 0.15) is 124 Å². The van der Waals surface area contributed by atoms with Crippen LogP contribution in [0.5, 0.6) is 0 Å². The fourth-order valence-corrected chi connectivity index (χ4v) is 6.87. The highest BCUT2D eigenvalue weighted by atomic mass is 16.5. The largest absolute Gasteiger partial charge is 0.494 e. The second-order valence-electron chi connectivity index (χ2n) is 14.3. The molecule has 12 nitrogen and oxygen atoms in total. The Morgan fingerprint density at radius 3 is 1.58 bits per heavy atom. The summed E-state index contributed by atoms with van der Waals surface area (Å²) in [5.41, 5.74) is 10.8. The van der Waals surface area contributed by atoms with E-state index in [1.807, 2.05) is 88.7 Å². The van der Waals surface area contributed by atoms with Crippen molar-refractivity contribution in [2.24, 2.45) is 9.98 Å². The summed E-state index contributed by atoms with van der Waals surface area (Å²) in [6.45, 7) is 10.5. The Bertz CT molecular complexity index is 2300. The van der Waals surface area contributed by atoms with E-state index in [1.165, 1.54) is 25.7 Å². The molecule has 6 rings (SSSR count). The Labute approximate surface area is 347 Å². The van der Waals surface area contributed by atoms with Crippen molar-refractivity contribution in [3.8, 4) is 12.3 Å². The number of unbranched alkanes of at least 4 members (excludes halogenated alkanes) is 6. The SMILES string of the molecule is C#CCCCOC(=O)c1c(C)[nH]c(/C=C2\N=C(c3ccc[nH]3)C=C2OC)c1C.CCCCCCCCOC(=O)c1c(C)[nH]c(/C=C2\N=C(c3ccc[nH]3)C=C2OC)c1C. The fourth-order valence-electron chi connectivity index (χ4n) is 6.87. The molecule has 2 aliphatic rings. The van der Waals surface area contributed by atoms with Crippen molar-refractivity contribution in [1.29, 1.82) is 0 Å². The van der Waals surface area contributed by atoms with Crippen molar-refractivity contribution >= 4 is 35.5 Å². The molecule has 2 aliphatic heterocycles. The molecule has 4 N–H and O–H groups in total. The number of terminal acetylenes is 1. The van der Waals surface area contributed by atoms with Crippen molar-refractivity contribution in [2.45, 2.75) is 86.0 Å². The first kappa shape index (κ1) is 43.6. The van der Waals surface area contributed by atoms with Gasteiger partial charge in [0.05, 0.1) is 61.4 Å². The Hall–Kier alpha value is -6.48. The van der Waals surface area contributed by atoms with E-state index >= 15 is 0 Å². The number of ether oxygens (including phenoxy) is 4. The van der Waals surface area contributed by atoms with Crippen molar-refractivity contribution in [3.63, 3.8) is 0 Å². The van der Waals surface area contributed by atoms with Gasteiger partial charge >= 0.3 is 11.9 Å². The van der Waals surface area contributed by atoms with Gasteiger partial charge in [-0.15, -0.1) is 12.3 Å². The lowest BCUT2D eigenvalue weighted by atomic mass is 10.1. The number of aliphatic imine (C=N–C) groups is 2. The van der Waals surface area contributed by atoms with E-state index in [0.29, 0.717) is 60.1 Å². The van der Waals surface area contributed by atoms with Gasteiger partial charge in [0.25, 0.3) is 0 Å². The summed E-state index contributed by atoms with van der Waals surface area (Å²) < 4.78 is 21.9. The van der Waals surface area contributed by atoms with Crippen molar-refractivity contribution in [3.05, 3.63) is 128 Å². The van der Waals surface area contributed by atoms with Crippen LogP contribution in [0.3, 0.4) is 0 Å². The lowest BCUT2D eigenvalue weighted by Crippen LogP contribution is -2.08. The van der Waals surface area contributed by atoms with Gasteiger partial charge in [0.1, 0.15) is 22.9 Å². The van der Waals surface area contributed by atoms with E-state index in [2.05, 4.69) is 42.8 Å². The first-order chi connectivity index (χ1) is 28.6. The van der Waals surface area contributed by atoms with Gasteiger partial charge in [0, 0.05) is 53.7 Å². The molecule has 12 heteroatoms. The molecule has 0 aliphatic carbocycles. The number of carbonyl (C=O) groups is 2. The number of aromatic amines is 4. The minimum Gasteiger partial charge on any atom is -0.494 e. The Balaban J connectivity index is 0.000000225. The highest BCUT2D eigenvalue weighted by molar-refractivity contribution is 6.11. The van der Waals surface area contributed by atoms with Gasteiger partial charge in [0.2, 0.25) is 0 Å². The summed E-state index contributed by atoms with van der Waals surface area (Å²) in [4.78, 5) is 47.3. The van der Waals surface area contributed by atoms with Gasteiger partial charge in [-0.1, -0.05) is 39.0 Å². The first-order valence-corrected chi connectivity index (χ1v) is 20.2. The number of H-pyrrole nitrogens is 4. The molecular formula is C47H56N6O6. The maximum absolute atomic E-state index is 12.7. The Morgan fingerprint density at radius 2 is 1.15 bits per heavy atom. The van der Waals surface area contributed by atoms with Crippen LogP contribution < -0.4 is 0 Å². The van der Waals surface area contributed by atoms with Crippen LogP contribution in [0.4, 0.5) is 0 Å². The number of hydrogen-bond donors (Lipinski definition) is 4. The number of rotatable bonds is 18. The minimum atomic E-state index is -0.350. The zero-order valence-electron chi connectivity index (χ0n) is 35.3. The predicted octanol–water partition coefficient (Wildman–Crippen LogP) is 9.75. The van der Waals surface area contributed by atoms with Crippen molar-refractivity contribution < 1.29 is 28.5 Å². The molecule has 0 radical (unpaired) electrons. The number of allylic oxidation sites excluding steroid dienone is 2. The van der Waals surface area contributed by atoms with E-state index in [4.69, 9.17) is 25.4 Å². The van der Waals surface area contributed by atoms with Crippen LogP contribution in [0, 0.1) is 40.0 Å². The standard InChI is InChI=1S/C25H33N3O3.C22H23N3O3/c1-5-6-7-8-9-10-14-31-25(29)24-17(2)20(27-18(24)3)15-22-23(30-4)16-21(28-22)19-12-11-13-26-19;1-5-6-7-11-28-22(26)21-14(2)17(24-15(21)3)12-19-20(27-4)13-18(25-19)16-9-8-10-23-16/h11-13,15-16,26-27H,5-10,14H2,1-4H3;1,8-10,12-13,23-24H,6-7,11H2,2-4H3/b22-15-;19-12-. The van der Waals surface area contributed by atoms with Gasteiger partial charge in [0.15, 0.2) is 0 Å². The number of hydrogen-bond acceptors (Lipinski definition) is 8. The molecule has 0 saturated carbocycles. The third-order valence-electron chi connectivity index (χ3n) is 10.1.